The molecule has 3 nitrogen and oxygen atoms in total. The SMILES string of the molecule is CCCNC(c1cncc(C)c1)C1(C)CCCO1. The first-order chi connectivity index (χ1) is 8.65. The molecule has 1 aromatic rings. The van der Waals surface area contributed by atoms with Crippen LogP contribution in [0.1, 0.15) is 50.3 Å². The molecule has 1 fully saturated rings. The molecule has 1 aliphatic heterocycles. The third-order valence-electron chi connectivity index (χ3n) is 3.69. The quantitative estimate of drug-likeness (QED) is 0.869. The van der Waals surface area contributed by atoms with E-state index in [1.54, 1.807) is 0 Å². The van der Waals surface area contributed by atoms with Crippen LogP contribution in [0.2, 0.25) is 0 Å². The van der Waals surface area contributed by atoms with Gasteiger partial charge in [-0.15, -0.1) is 0 Å². The monoisotopic (exact) mass is 248 g/mol. The molecule has 2 unspecified atom stereocenters. The Balaban J connectivity index is 2.24. The van der Waals surface area contributed by atoms with Crippen molar-refractivity contribution >= 4 is 0 Å². The lowest BCUT2D eigenvalue weighted by molar-refractivity contribution is -0.0125. The lowest BCUT2D eigenvalue weighted by Crippen LogP contribution is -2.41. The lowest BCUT2D eigenvalue weighted by Gasteiger charge is -2.34. The Morgan fingerprint density at radius 2 is 2.33 bits per heavy atom. The maximum absolute atomic E-state index is 6.00. The molecule has 1 saturated heterocycles. The van der Waals surface area contributed by atoms with Gasteiger partial charge in [-0.1, -0.05) is 13.0 Å². The van der Waals surface area contributed by atoms with Crippen molar-refractivity contribution in [3.8, 4) is 0 Å². The number of nitrogens with one attached hydrogen (secondary N) is 1. The fourth-order valence-corrected chi connectivity index (χ4v) is 2.74. The number of rotatable bonds is 5. The molecule has 0 aliphatic carbocycles. The molecule has 0 saturated carbocycles. The van der Waals surface area contributed by atoms with E-state index in [1.807, 2.05) is 12.4 Å². The van der Waals surface area contributed by atoms with Gasteiger partial charge in [0.15, 0.2) is 0 Å². The minimum Gasteiger partial charge on any atom is -0.373 e. The van der Waals surface area contributed by atoms with Crippen LogP contribution < -0.4 is 5.32 Å². The van der Waals surface area contributed by atoms with Crippen molar-refractivity contribution in [1.29, 1.82) is 0 Å². The third kappa shape index (κ3) is 2.90. The molecular formula is C15H24N2O. The highest BCUT2D eigenvalue weighted by Gasteiger charge is 2.39. The minimum absolute atomic E-state index is 0.0926. The van der Waals surface area contributed by atoms with E-state index in [-0.39, 0.29) is 11.6 Å². The van der Waals surface area contributed by atoms with Crippen molar-refractivity contribution in [2.45, 2.75) is 51.7 Å². The van der Waals surface area contributed by atoms with Gasteiger partial charge in [0, 0.05) is 19.0 Å². The summed E-state index contributed by atoms with van der Waals surface area (Å²) in [5.41, 5.74) is 2.36. The molecule has 100 valence electrons. The summed E-state index contributed by atoms with van der Waals surface area (Å²) in [5.74, 6) is 0. The van der Waals surface area contributed by atoms with Crippen LogP contribution in [0.5, 0.6) is 0 Å². The second kappa shape index (κ2) is 5.81. The predicted molar refractivity (Wildman–Crippen MR) is 73.6 cm³/mol. The average molecular weight is 248 g/mol. The van der Waals surface area contributed by atoms with Crippen molar-refractivity contribution in [3.05, 3.63) is 29.6 Å². The summed E-state index contributed by atoms with van der Waals surface area (Å²) in [6.07, 6.45) is 7.26. The molecular weight excluding hydrogens is 224 g/mol. The molecule has 0 aromatic carbocycles. The molecule has 0 bridgehead atoms. The van der Waals surface area contributed by atoms with E-state index in [2.05, 4.69) is 37.1 Å². The molecule has 1 N–H and O–H groups in total. The average Bonchev–Trinajstić information content (AvgIpc) is 2.77. The summed E-state index contributed by atoms with van der Waals surface area (Å²) in [4.78, 5) is 4.32. The Morgan fingerprint density at radius 1 is 1.50 bits per heavy atom. The van der Waals surface area contributed by atoms with Gasteiger partial charge in [0.2, 0.25) is 0 Å². The highest BCUT2D eigenvalue weighted by atomic mass is 16.5. The van der Waals surface area contributed by atoms with Gasteiger partial charge in [0.1, 0.15) is 0 Å². The number of pyridine rings is 1. The van der Waals surface area contributed by atoms with Gasteiger partial charge in [-0.05, 0) is 50.8 Å². The van der Waals surface area contributed by atoms with E-state index < -0.39 is 0 Å². The zero-order valence-electron chi connectivity index (χ0n) is 11.7. The van der Waals surface area contributed by atoms with Crippen molar-refractivity contribution in [1.82, 2.24) is 10.3 Å². The smallest absolute Gasteiger partial charge is 0.0849 e. The Kier molecular flexibility index (Phi) is 4.36. The number of hydrogen-bond donors (Lipinski definition) is 1. The highest BCUT2D eigenvalue weighted by molar-refractivity contribution is 5.23. The van der Waals surface area contributed by atoms with E-state index in [0.717, 1.165) is 32.4 Å². The van der Waals surface area contributed by atoms with Crippen LogP contribution in [0.15, 0.2) is 18.5 Å². The number of aryl methyl sites for hydroxylation is 1. The van der Waals surface area contributed by atoms with Gasteiger partial charge in [-0.25, -0.2) is 0 Å². The fraction of sp³-hybridized carbons (Fsp3) is 0.667. The first-order valence-corrected chi connectivity index (χ1v) is 6.94. The van der Waals surface area contributed by atoms with Crippen LogP contribution in [-0.2, 0) is 4.74 Å². The summed E-state index contributed by atoms with van der Waals surface area (Å²) in [5, 5.41) is 3.63. The van der Waals surface area contributed by atoms with Gasteiger partial charge in [-0.2, -0.15) is 0 Å². The Morgan fingerprint density at radius 3 is 2.94 bits per heavy atom. The molecule has 1 aliphatic rings. The van der Waals surface area contributed by atoms with Crippen molar-refractivity contribution < 1.29 is 4.74 Å². The van der Waals surface area contributed by atoms with Crippen LogP contribution >= 0.6 is 0 Å². The molecule has 0 radical (unpaired) electrons. The second-order valence-electron chi connectivity index (χ2n) is 5.45. The maximum atomic E-state index is 6.00. The number of nitrogens with zero attached hydrogens (tertiary/aromatic N) is 1. The molecule has 0 amide bonds. The first-order valence-electron chi connectivity index (χ1n) is 6.94. The zero-order chi connectivity index (χ0) is 13.0. The molecule has 1 aromatic heterocycles. The van der Waals surface area contributed by atoms with Gasteiger partial charge < -0.3 is 10.1 Å². The molecule has 3 heteroatoms. The van der Waals surface area contributed by atoms with Gasteiger partial charge >= 0.3 is 0 Å². The third-order valence-corrected chi connectivity index (χ3v) is 3.69. The maximum Gasteiger partial charge on any atom is 0.0849 e. The van der Waals surface area contributed by atoms with Crippen LogP contribution in [0.3, 0.4) is 0 Å². The standard InChI is InChI=1S/C15H24N2O/c1-4-7-17-14(15(3)6-5-8-18-15)13-9-12(2)10-16-11-13/h9-11,14,17H,4-8H2,1-3H3. The molecule has 2 rings (SSSR count). The van der Waals surface area contributed by atoms with E-state index in [1.165, 1.54) is 11.1 Å². The van der Waals surface area contributed by atoms with Crippen LogP contribution in [0.25, 0.3) is 0 Å². The Hall–Kier alpha value is -0.930. The minimum atomic E-state index is -0.0926. The first kappa shape index (κ1) is 13.5. The van der Waals surface area contributed by atoms with Gasteiger partial charge in [-0.3, -0.25) is 4.98 Å². The number of ether oxygens (including phenoxy) is 1. The van der Waals surface area contributed by atoms with Crippen LogP contribution in [-0.4, -0.2) is 23.7 Å². The molecule has 2 atom stereocenters. The van der Waals surface area contributed by atoms with Crippen molar-refractivity contribution in [2.24, 2.45) is 0 Å². The lowest BCUT2D eigenvalue weighted by atomic mass is 9.88. The summed E-state index contributed by atoms with van der Waals surface area (Å²) in [6.45, 7) is 8.38. The van der Waals surface area contributed by atoms with Crippen molar-refractivity contribution in [3.63, 3.8) is 0 Å². The molecule has 2 heterocycles. The Labute approximate surface area is 110 Å². The fourth-order valence-electron chi connectivity index (χ4n) is 2.74. The van der Waals surface area contributed by atoms with Gasteiger partial charge in [0.05, 0.1) is 11.6 Å². The number of hydrogen-bond acceptors (Lipinski definition) is 3. The Bertz CT molecular complexity index is 386. The van der Waals surface area contributed by atoms with Crippen LogP contribution in [0, 0.1) is 6.92 Å². The number of aromatic nitrogens is 1. The van der Waals surface area contributed by atoms with Gasteiger partial charge in [0.25, 0.3) is 0 Å². The summed E-state index contributed by atoms with van der Waals surface area (Å²) in [7, 11) is 0. The zero-order valence-corrected chi connectivity index (χ0v) is 11.7. The van der Waals surface area contributed by atoms with Crippen molar-refractivity contribution in [2.75, 3.05) is 13.2 Å². The van der Waals surface area contributed by atoms with E-state index in [9.17, 15) is 0 Å². The predicted octanol–water partition coefficient (Wildman–Crippen LogP) is 3.00. The molecule has 0 spiro atoms. The summed E-state index contributed by atoms with van der Waals surface area (Å²) in [6, 6.07) is 2.46. The normalized spacial score (nSPS) is 25.3. The van der Waals surface area contributed by atoms with Crippen LogP contribution in [0.4, 0.5) is 0 Å². The van der Waals surface area contributed by atoms with E-state index in [0.29, 0.717) is 0 Å². The molecule has 18 heavy (non-hydrogen) atoms. The van der Waals surface area contributed by atoms with E-state index >= 15 is 0 Å². The largest absolute Gasteiger partial charge is 0.373 e. The van der Waals surface area contributed by atoms with E-state index in [4.69, 9.17) is 4.74 Å². The topological polar surface area (TPSA) is 34.2 Å². The second-order valence-corrected chi connectivity index (χ2v) is 5.45. The highest BCUT2D eigenvalue weighted by Crippen LogP contribution is 2.37. The summed E-state index contributed by atoms with van der Waals surface area (Å²) >= 11 is 0. The summed E-state index contributed by atoms with van der Waals surface area (Å²) < 4.78 is 6.00.